The topological polar surface area (TPSA) is 61.4 Å². The molecule has 23 heavy (non-hydrogen) atoms. The maximum Gasteiger partial charge on any atom is 0.319 e. The normalized spacial score (nSPS) is 16.4. The van der Waals surface area contributed by atoms with Gasteiger partial charge < -0.3 is 15.7 Å². The highest BCUT2D eigenvalue weighted by Gasteiger charge is 2.45. The van der Waals surface area contributed by atoms with Crippen LogP contribution in [0, 0.1) is 11.7 Å². The third kappa shape index (κ3) is 3.68. The van der Waals surface area contributed by atoms with Crippen molar-refractivity contribution in [3.05, 3.63) is 66.0 Å². The first kappa shape index (κ1) is 15.5. The standard InChI is InChI=1S/C18H19FN2O2/c19-15-8-10-16(11-9-15)21-17(22)20-12-18(23,14-6-7-14)13-4-2-1-3-5-13/h1-5,8-11,14,23H,6-7,12H2,(H2,20,21,22). The second-order valence-electron chi connectivity index (χ2n) is 5.88. The molecule has 0 saturated heterocycles. The van der Waals surface area contributed by atoms with E-state index in [1.54, 1.807) is 0 Å². The molecular formula is C18H19FN2O2. The van der Waals surface area contributed by atoms with Crippen molar-refractivity contribution in [2.45, 2.75) is 18.4 Å². The molecule has 0 spiro atoms. The first-order valence-corrected chi connectivity index (χ1v) is 7.66. The predicted molar refractivity (Wildman–Crippen MR) is 86.5 cm³/mol. The van der Waals surface area contributed by atoms with Gasteiger partial charge in [-0.15, -0.1) is 0 Å². The lowest BCUT2D eigenvalue weighted by Gasteiger charge is -2.29. The molecular weight excluding hydrogens is 295 g/mol. The first-order chi connectivity index (χ1) is 11.1. The van der Waals surface area contributed by atoms with Crippen LogP contribution in [0.1, 0.15) is 18.4 Å². The molecule has 1 saturated carbocycles. The molecule has 1 atom stereocenters. The Bertz CT molecular complexity index is 671. The van der Waals surface area contributed by atoms with Gasteiger partial charge in [0.2, 0.25) is 0 Å². The van der Waals surface area contributed by atoms with Gasteiger partial charge in [0, 0.05) is 5.69 Å². The fourth-order valence-electron chi connectivity index (χ4n) is 2.69. The van der Waals surface area contributed by atoms with Crippen LogP contribution in [-0.2, 0) is 5.60 Å². The summed E-state index contributed by atoms with van der Waals surface area (Å²) in [5.41, 5.74) is 0.254. The molecule has 1 aliphatic rings. The molecule has 2 aromatic carbocycles. The predicted octanol–water partition coefficient (Wildman–Crippen LogP) is 3.25. The smallest absolute Gasteiger partial charge is 0.319 e. The zero-order chi connectivity index (χ0) is 16.3. The number of amides is 2. The number of carbonyl (C=O) groups excluding carboxylic acids is 1. The first-order valence-electron chi connectivity index (χ1n) is 7.66. The van der Waals surface area contributed by atoms with E-state index < -0.39 is 11.6 Å². The molecule has 120 valence electrons. The lowest BCUT2D eigenvalue weighted by atomic mass is 9.89. The summed E-state index contributed by atoms with van der Waals surface area (Å²) in [6.45, 7) is 0.134. The van der Waals surface area contributed by atoms with Gasteiger partial charge in [-0.05, 0) is 48.6 Å². The summed E-state index contributed by atoms with van der Waals surface area (Å²) >= 11 is 0. The molecule has 0 radical (unpaired) electrons. The molecule has 0 aromatic heterocycles. The molecule has 0 heterocycles. The van der Waals surface area contributed by atoms with Crippen LogP contribution in [-0.4, -0.2) is 17.7 Å². The Kier molecular flexibility index (Phi) is 4.30. The van der Waals surface area contributed by atoms with Crippen LogP contribution in [0.15, 0.2) is 54.6 Å². The monoisotopic (exact) mass is 314 g/mol. The number of benzene rings is 2. The van der Waals surface area contributed by atoms with E-state index in [0.29, 0.717) is 5.69 Å². The summed E-state index contributed by atoms with van der Waals surface area (Å²) in [6, 6.07) is 14.5. The van der Waals surface area contributed by atoms with E-state index in [2.05, 4.69) is 10.6 Å². The van der Waals surface area contributed by atoms with Gasteiger partial charge in [-0.2, -0.15) is 0 Å². The summed E-state index contributed by atoms with van der Waals surface area (Å²) in [7, 11) is 0. The van der Waals surface area contributed by atoms with Crippen LogP contribution < -0.4 is 10.6 Å². The van der Waals surface area contributed by atoms with Crippen LogP contribution in [0.25, 0.3) is 0 Å². The summed E-state index contributed by atoms with van der Waals surface area (Å²) in [4.78, 5) is 12.0. The van der Waals surface area contributed by atoms with E-state index in [9.17, 15) is 14.3 Å². The molecule has 1 aliphatic carbocycles. The summed E-state index contributed by atoms with van der Waals surface area (Å²) < 4.78 is 12.9. The second kappa shape index (κ2) is 6.38. The van der Waals surface area contributed by atoms with Crippen molar-refractivity contribution < 1.29 is 14.3 Å². The molecule has 1 fully saturated rings. The number of hydrogen-bond donors (Lipinski definition) is 3. The van der Waals surface area contributed by atoms with Gasteiger partial charge in [-0.3, -0.25) is 0 Å². The molecule has 2 amide bonds. The van der Waals surface area contributed by atoms with Crippen molar-refractivity contribution in [2.24, 2.45) is 5.92 Å². The minimum Gasteiger partial charge on any atom is -0.383 e. The molecule has 0 aliphatic heterocycles. The number of hydrogen-bond acceptors (Lipinski definition) is 2. The Balaban J connectivity index is 1.63. The van der Waals surface area contributed by atoms with E-state index in [0.717, 1.165) is 18.4 Å². The van der Waals surface area contributed by atoms with Crippen molar-refractivity contribution in [3.8, 4) is 0 Å². The van der Waals surface area contributed by atoms with Crippen LogP contribution in [0.3, 0.4) is 0 Å². The van der Waals surface area contributed by atoms with Crippen molar-refractivity contribution in [1.82, 2.24) is 5.32 Å². The van der Waals surface area contributed by atoms with E-state index in [1.165, 1.54) is 24.3 Å². The van der Waals surface area contributed by atoms with Crippen molar-refractivity contribution in [2.75, 3.05) is 11.9 Å². The fourth-order valence-corrected chi connectivity index (χ4v) is 2.69. The third-order valence-corrected chi connectivity index (χ3v) is 4.15. The minimum atomic E-state index is -1.05. The number of nitrogens with one attached hydrogen (secondary N) is 2. The number of rotatable bonds is 5. The Hall–Kier alpha value is -2.40. The van der Waals surface area contributed by atoms with Crippen LogP contribution >= 0.6 is 0 Å². The van der Waals surface area contributed by atoms with Gasteiger partial charge in [0.1, 0.15) is 11.4 Å². The Morgan fingerprint density at radius 3 is 2.39 bits per heavy atom. The van der Waals surface area contributed by atoms with Crippen LogP contribution in [0.5, 0.6) is 0 Å². The van der Waals surface area contributed by atoms with Gasteiger partial charge in [0.05, 0.1) is 6.54 Å². The Morgan fingerprint density at radius 2 is 1.78 bits per heavy atom. The summed E-state index contributed by atoms with van der Waals surface area (Å²) in [6.07, 6.45) is 1.90. The van der Waals surface area contributed by atoms with Crippen LogP contribution in [0.2, 0.25) is 0 Å². The molecule has 3 N–H and O–H groups in total. The average molecular weight is 314 g/mol. The number of carbonyl (C=O) groups is 1. The van der Waals surface area contributed by atoms with E-state index in [1.807, 2.05) is 30.3 Å². The minimum absolute atomic E-state index is 0.134. The number of anilines is 1. The number of halogens is 1. The molecule has 1 unspecified atom stereocenters. The maximum atomic E-state index is 12.9. The second-order valence-corrected chi connectivity index (χ2v) is 5.88. The van der Waals surface area contributed by atoms with Crippen molar-refractivity contribution in [1.29, 1.82) is 0 Å². The lowest BCUT2D eigenvalue weighted by molar-refractivity contribution is 0.0164. The Morgan fingerprint density at radius 1 is 1.13 bits per heavy atom. The quantitative estimate of drug-likeness (QED) is 0.793. The summed E-state index contributed by atoms with van der Waals surface area (Å²) in [5.74, 6) is -0.195. The van der Waals surface area contributed by atoms with E-state index in [4.69, 9.17) is 0 Å². The van der Waals surface area contributed by atoms with E-state index in [-0.39, 0.29) is 18.3 Å². The molecule has 5 heteroatoms. The lowest BCUT2D eigenvalue weighted by Crippen LogP contribution is -2.43. The highest BCUT2D eigenvalue weighted by atomic mass is 19.1. The molecule has 3 rings (SSSR count). The molecule has 4 nitrogen and oxygen atoms in total. The SMILES string of the molecule is O=C(NCC(O)(c1ccccc1)C1CC1)Nc1ccc(F)cc1. The van der Waals surface area contributed by atoms with Gasteiger partial charge in [-0.1, -0.05) is 30.3 Å². The third-order valence-electron chi connectivity index (χ3n) is 4.15. The summed E-state index contributed by atoms with van der Waals surface area (Å²) in [5, 5.41) is 16.3. The van der Waals surface area contributed by atoms with Gasteiger partial charge in [-0.25, -0.2) is 9.18 Å². The van der Waals surface area contributed by atoms with Gasteiger partial charge >= 0.3 is 6.03 Å². The maximum absolute atomic E-state index is 12.9. The largest absolute Gasteiger partial charge is 0.383 e. The van der Waals surface area contributed by atoms with Crippen LogP contribution in [0.4, 0.5) is 14.9 Å². The van der Waals surface area contributed by atoms with Crippen molar-refractivity contribution in [3.63, 3.8) is 0 Å². The zero-order valence-corrected chi connectivity index (χ0v) is 12.6. The average Bonchev–Trinajstić information content (AvgIpc) is 3.41. The number of urea groups is 1. The van der Waals surface area contributed by atoms with Crippen molar-refractivity contribution >= 4 is 11.7 Å². The zero-order valence-electron chi connectivity index (χ0n) is 12.6. The highest BCUT2D eigenvalue weighted by molar-refractivity contribution is 5.89. The van der Waals surface area contributed by atoms with Gasteiger partial charge in [0.25, 0.3) is 0 Å². The molecule has 0 bridgehead atoms. The van der Waals surface area contributed by atoms with E-state index >= 15 is 0 Å². The Labute approximate surface area is 134 Å². The fraction of sp³-hybridized carbons (Fsp3) is 0.278. The van der Waals surface area contributed by atoms with Gasteiger partial charge in [0.15, 0.2) is 0 Å². The highest BCUT2D eigenvalue weighted by Crippen LogP contribution is 2.45. The number of aliphatic hydroxyl groups is 1. The molecule has 2 aromatic rings.